The molecular weight excluding hydrogens is 558 g/mol. The van der Waals surface area contributed by atoms with Crippen LogP contribution >= 0.6 is 0 Å². The number of morpholine rings is 1. The summed E-state index contributed by atoms with van der Waals surface area (Å²) in [6.07, 6.45) is 1.71. The summed E-state index contributed by atoms with van der Waals surface area (Å²) in [6.45, 7) is 11.2. The first-order chi connectivity index (χ1) is 21.4. The molecule has 1 aromatic heterocycles. The molecule has 3 aliphatic rings. The Morgan fingerprint density at radius 3 is 2.36 bits per heavy atom. The summed E-state index contributed by atoms with van der Waals surface area (Å²) in [5.41, 5.74) is 4.34. The van der Waals surface area contributed by atoms with Crippen LogP contribution in [0.25, 0.3) is 0 Å². The molecule has 4 heterocycles. The molecule has 11 heteroatoms. The maximum atomic E-state index is 13.5. The Kier molecular flexibility index (Phi) is 8.96. The van der Waals surface area contributed by atoms with E-state index in [9.17, 15) is 9.59 Å². The van der Waals surface area contributed by atoms with E-state index < -0.39 is 0 Å². The first-order valence-corrected chi connectivity index (χ1v) is 15.4. The minimum atomic E-state index is -0.0815. The average Bonchev–Trinajstić information content (AvgIpc) is 3.14. The van der Waals surface area contributed by atoms with Crippen LogP contribution in [0.3, 0.4) is 0 Å². The van der Waals surface area contributed by atoms with Crippen LogP contribution in [-0.4, -0.2) is 118 Å². The van der Waals surface area contributed by atoms with E-state index in [2.05, 4.69) is 20.1 Å². The topological polar surface area (TPSA) is 93.7 Å². The zero-order valence-electron chi connectivity index (χ0n) is 25.8. The van der Waals surface area contributed by atoms with E-state index in [4.69, 9.17) is 9.47 Å². The number of para-hydroxylation sites is 1. The number of aromatic nitrogens is 1. The average molecular weight is 600 g/mol. The van der Waals surface area contributed by atoms with E-state index in [0.29, 0.717) is 53.8 Å². The first kappa shape index (κ1) is 29.9. The highest BCUT2D eigenvalue weighted by molar-refractivity contribution is 6.13. The van der Waals surface area contributed by atoms with Crippen molar-refractivity contribution in [2.24, 2.45) is 0 Å². The molecule has 2 amide bonds. The zero-order valence-corrected chi connectivity index (χ0v) is 25.8. The molecule has 2 saturated heterocycles. The number of ether oxygens (including phenoxy) is 2. The predicted octanol–water partition coefficient (Wildman–Crippen LogP) is 3.67. The van der Waals surface area contributed by atoms with Crippen LogP contribution in [0.2, 0.25) is 0 Å². The molecule has 1 N–H and O–H groups in total. The second-order valence-corrected chi connectivity index (χ2v) is 11.4. The molecule has 3 aliphatic heterocycles. The van der Waals surface area contributed by atoms with Gasteiger partial charge in [-0.3, -0.25) is 19.4 Å². The standard InChI is InChI=1S/C33H41N7O4/c1-4-44-30-21-24(32(41)40-15-13-38(14-16-40)11-12-39-17-19-43-20-18-39)9-10-26(30)35-31-22-28-29(23-34-31)37(3)33(42)25-7-5-6-8-27(25)36(28)2/h5-10,21-23H,4,11-20H2,1-3H3,(H,34,35). The van der Waals surface area contributed by atoms with Crippen molar-refractivity contribution >= 4 is 40.4 Å². The SMILES string of the molecule is CCOc1cc(C(=O)N2CCN(CCN3CCOCC3)CC2)ccc1Nc1cc2c(cn1)N(C)C(=O)c1ccccc1N2C. The van der Waals surface area contributed by atoms with Crippen molar-refractivity contribution in [2.45, 2.75) is 6.92 Å². The fraction of sp³-hybridized carbons (Fsp3) is 0.424. The second-order valence-electron chi connectivity index (χ2n) is 11.4. The highest BCUT2D eigenvalue weighted by Gasteiger charge is 2.28. The number of piperazine rings is 1. The summed E-state index contributed by atoms with van der Waals surface area (Å²) in [4.78, 5) is 41.7. The predicted molar refractivity (Wildman–Crippen MR) is 172 cm³/mol. The third-order valence-corrected chi connectivity index (χ3v) is 8.67. The van der Waals surface area contributed by atoms with Gasteiger partial charge in [0.15, 0.2) is 0 Å². The van der Waals surface area contributed by atoms with E-state index >= 15 is 0 Å². The van der Waals surface area contributed by atoms with Gasteiger partial charge in [-0.25, -0.2) is 4.98 Å². The molecule has 0 saturated carbocycles. The number of fused-ring (bicyclic) bond motifs is 2. The van der Waals surface area contributed by atoms with Crippen LogP contribution in [0.5, 0.6) is 5.75 Å². The largest absolute Gasteiger partial charge is 0.492 e. The first-order valence-electron chi connectivity index (χ1n) is 15.4. The van der Waals surface area contributed by atoms with Gasteiger partial charge < -0.3 is 29.5 Å². The number of nitrogens with one attached hydrogen (secondary N) is 1. The molecule has 0 bridgehead atoms. The Bertz CT molecular complexity index is 1500. The lowest BCUT2D eigenvalue weighted by atomic mass is 10.1. The van der Waals surface area contributed by atoms with Gasteiger partial charge in [-0.2, -0.15) is 0 Å². The van der Waals surface area contributed by atoms with Gasteiger partial charge in [0.25, 0.3) is 11.8 Å². The Morgan fingerprint density at radius 2 is 1.61 bits per heavy atom. The summed E-state index contributed by atoms with van der Waals surface area (Å²) in [6, 6.07) is 15.0. The Balaban J connectivity index is 1.14. The lowest BCUT2D eigenvalue weighted by molar-refractivity contribution is 0.0293. The lowest BCUT2D eigenvalue weighted by Crippen LogP contribution is -2.51. The molecule has 232 valence electrons. The summed E-state index contributed by atoms with van der Waals surface area (Å²) < 4.78 is 11.4. The van der Waals surface area contributed by atoms with Gasteiger partial charge in [-0.15, -0.1) is 0 Å². The molecule has 2 aromatic carbocycles. The molecule has 11 nitrogen and oxygen atoms in total. The van der Waals surface area contributed by atoms with E-state index in [1.807, 2.05) is 72.3 Å². The summed E-state index contributed by atoms with van der Waals surface area (Å²) >= 11 is 0. The van der Waals surface area contributed by atoms with E-state index in [1.165, 1.54) is 0 Å². The van der Waals surface area contributed by atoms with Gasteiger partial charge in [0.05, 0.1) is 54.3 Å². The number of hydrogen-bond acceptors (Lipinski definition) is 9. The van der Waals surface area contributed by atoms with Crippen LogP contribution in [0, 0.1) is 0 Å². The minimum Gasteiger partial charge on any atom is -0.492 e. The van der Waals surface area contributed by atoms with Gasteiger partial charge in [0.2, 0.25) is 0 Å². The molecule has 2 fully saturated rings. The molecule has 3 aromatic rings. The molecule has 0 atom stereocenters. The normalized spacial score (nSPS) is 17.6. The van der Waals surface area contributed by atoms with Crippen molar-refractivity contribution in [1.82, 2.24) is 19.7 Å². The molecule has 6 rings (SSSR count). The van der Waals surface area contributed by atoms with Crippen molar-refractivity contribution in [1.29, 1.82) is 0 Å². The molecule has 0 aliphatic carbocycles. The molecule has 44 heavy (non-hydrogen) atoms. The fourth-order valence-electron chi connectivity index (χ4n) is 6.04. The number of carbonyl (C=O) groups excluding carboxylic acids is 2. The van der Waals surface area contributed by atoms with E-state index in [-0.39, 0.29) is 11.8 Å². The number of carbonyl (C=O) groups is 2. The maximum Gasteiger partial charge on any atom is 0.260 e. The minimum absolute atomic E-state index is 0.0153. The van der Waals surface area contributed by atoms with Crippen LogP contribution < -0.4 is 19.9 Å². The smallest absolute Gasteiger partial charge is 0.260 e. The van der Waals surface area contributed by atoms with Gasteiger partial charge in [0, 0.05) is 78.1 Å². The van der Waals surface area contributed by atoms with Crippen molar-refractivity contribution < 1.29 is 19.1 Å². The Labute approximate surface area is 258 Å². The molecule has 0 unspecified atom stereocenters. The number of benzene rings is 2. The van der Waals surface area contributed by atoms with Crippen LogP contribution in [0.1, 0.15) is 27.6 Å². The van der Waals surface area contributed by atoms with Gasteiger partial charge >= 0.3 is 0 Å². The third kappa shape index (κ3) is 6.21. The summed E-state index contributed by atoms with van der Waals surface area (Å²) in [5, 5.41) is 3.38. The Hall–Kier alpha value is -4.19. The Morgan fingerprint density at radius 1 is 0.886 bits per heavy atom. The summed E-state index contributed by atoms with van der Waals surface area (Å²) in [5.74, 6) is 1.12. The zero-order chi connectivity index (χ0) is 30.6. The fourth-order valence-corrected chi connectivity index (χ4v) is 6.04. The quantitative estimate of drug-likeness (QED) is 0.416. The molecule has 0 spiro atoms. The van der Waals surface area contributed by atoms with Gasteiger partial charge in [-0.1, -0.05) is 12.1 Å². The molecular formula is C33H41N7O4. The highest BCUT2D eigenvalue weighted by Crippen LogP contribution is 2.40. The van der Waals surface area contributed by atoms with Crippen molar-refractivity contribution in [2.75, 3.05) is 101 Å². The molecule has 0 radical (unpaired) electrons. The van der Waals surface area contributed by atoms with Crippen molar-refractivity contribution in [3.8, 4) is 5.75 Å². The highest BCUT2D eigenvalue weighted by atomic mass is 16.5. The number of rotatable bonds is 8. The number of amides is 2. The van der Waals surface area contributed by atoms with Crippen LogP contribution in [-0.2, 0) is 4.74 Å². The second kappa shape index (κ2) is 13.2. The van der Waals surface area contributed by atoms with Gasteiger partial charge in [0.1, 0.15) is 11.6 Å². The van der Waals surface area contributed by atoms with Crippen LogP contribution in [0.4, 0.5) is 28.6 Å². The van der Waals surface area contributed by atoms with Crippen molar-refractivity contribution in [3.05, 3.63) is 65.9 Å². The number of anilines is 5. The van der Waals surface area contributed by atoms with E-state index in [1.54, 1.807) is 18.1 Å². The number of nitrogens with zero attached hydrogens (tertiary/aromatic N) is 6. The monoisotopic (exact) mass is 599 g/mol. The maximum absolute atomic E-state index is 13.5. The number of hydrogen-bond donors (Lipinski definition) is 1. The van der Waals surface area contributed by atoms with Crippen molar-refractivity contribution in [3.63, 3.8) is 0 Å². The van der Waals surface area contributed by atoms with Gasteiger partial charge in [-0.05, 0) is 37.3 Å². The van der Waals surface area contributed by atoms with E-state index in [0.717, 1.165) is 63.9 Å². The number of pyridine rings is 1. The lowest BCUT2D eigenvalue weighted by Gasteiger charge is -2.36. The summed E-state index contributed by atoms with van der Waals surface area (Å²) in [7, 11) is 3.71. The third-order valence-electron chi connectivity index (χ3n) is 8.67. The van der Waals surface area contributed by atoms with Crippen LogP contribution in [0.15, 0.2) is 54.7 Å².